The average molecular weight is 394 g/mol. The number of halogens is 1. The van der Waals surface area contributed by atoms with Crippen LogP contribution in [0.1, 0.15) is 31.0 Å². The molecule has 5 nitrogen and oxygen atoms in total. The van der Waals surface area contributed by atoms with Crippen molar-refractivity contribution < 1.29 is 0 Å². The molecular formula is C22H24ClN5. The molecule has 0 atom stereocenters. The molecule has 0 amide bonds. The maximum absolute atomic E-state index is 6.42. The van der Waals surface area contributed by atoms with Crippen molar-refractivity contribution in [2.45, 2.75) is 33.2 Å². The molecule has 3 heterocycles. The normalized spacial score (nSPS) is 11.5. The number of unbranched alkanes of at least 4 members (excludes halogenated alkanes) is 1. The summed E-state index contributed by atoms with van der Waals surface area (Å²) >= 11 is 6.42. The minimum absolute atomic E-state index is 0.501. The average Bonchev–Trinajstić information content (AvgIpc) is 2.70. The number of aromatic nitrogens is 3. The highest BCUT2D eigenvalue weighted by molar-refractivity contribution is 6.33. The fourth-order valence-corrected chi connectivity index (χ4v) is 2.87. The summed E-state index contributed by atoms with van der Waals surface area (Å²) in [6.45, 7) is 9.14. The smallest absolute Gasteiger partial charge is 0.149 e. The predicted octanol–water partition coefficient (Wildman–Crippen LogP) is 5.36. The highest BCUT2D eigenvalue weighted by Crippen LogP contribution is 2.26. The zero-order chi connectivity index (χ0) is 19.9. The van der Waals surface area contributed by atoms with E-state index in [2.05, 4.69) is 38.3 Å². The van der Waals surface area contributed by atoms with Crippen LogP contribution in [0.4, 0.5) is 11.5 Å². The van der Waals surface area contributed by atoms with Crippen molar-refractivity contribution in [1.82, 2.24) is 14.5 Å². The third kappa shape index (κ3) is 5.08. The van der Waals surface area contributed by atoms with E-state index in [-0.39, 0.29) is 0 Å². The summed E-state index contributed by atoms with van der Waals surface area (Å²) in [6, 6.07) is 11.7. The summed E-state index contributed by atoms with van der Waals surface area (Å²) in [5, 5.41) is 3.68. The zero-order valence-electron chi connectivity index (χ0n) is 16.2. The Bertz CT molecular complexity index is 1020. The molecule has 0 spiro atoms. The first kappa shape index (κ1) is 19.8. The van der Waals surface area contributed by atoms with Gasteiger partial charge in [-0.3, -0.25) is 4.98 Å². The Morgan fingerprint density at radius 1 is 1.21 bits per heavy atom. The van der Waals surface area contributed by atoms with Gasteiger partial charge in [-0.1, -0.05) is 37.6 Å². The lowest BCUT2D eigenvalue weighted by molar-refractivity contribution is 0.606. The van der Waals surface area contributed by atoms with Gasteiger partial charge in [0.2, 0.25) is 0 Å². The molecule has 0 saturated heterocycles. The van der Waals surface area contributed by atoms with E-state index in [9.17, 15) is 0 Å². The minimum atomic E-state index is 0.501. The van der Waals surface area contributed by atoms with Crippen LogP contribution in [0.3, 0.4) is 0 Å². The highest BCUT2D eigenvalue weighted by Gasteiger charge is 2.07. The fraction of sp³-hybridized carbons (Fsp3) is 0.227. The van der Waals surface area contributed by atoms with E-state index in [4.69, 9.17) is 11.6 Å². The van der Waals surface area contributed by atoms with Gasteiger partial charge in [0.15, 0.2) is 0 Å². The SMILES string of the molecule is C=C(/N=c1/ccccn1CCCC)c1cnc(Nc2ccc(C)nc2)c(Cl)c1. The molecule has 0 aliphatic rings. The number of pyridine rings is 3. The molecule has 0 radical (unpaired) electrons. The van der Waals surface area contributed by atoms with Crippen molar-refractivity contribution in [1.29, 1.82) is 0 Å². The Morgan fingerprint density at radius 2 is 2.07 bits per heavy atom. The van der Waals surface area contributed by atoms with Gasteiger partial charge < -0.3 is 9.88 Å². The molecule has 3 rings (SSSR count). The van der Waals surface area contributed by atoms with Crippen LogP contribution in [0.5, 0.6) is 0 Å². The lowest BCUT2D eigenvalue weighted by Crippen LogP contribution is -2.19. The molecule has 6 heteroatoms. The van der Waals surface area contributed by atoms with Crippen LogP contribution in [-0.2, 0) is 6.54 Å². The second-order valence-corrected chi connectivity index (χ2v) is 6.94. The molecule has 0 aromatic carbocycles. The number of anilines is 2. The second-order valence-electron chi connectivity index (χ2n) is 6.53. The van der Waals surface area contributed by atoms with E-state index in [1.165, 1.54) is 0 Å². The van der Waals surface area contributed by atoms with Gasteiger partial charge in [0.25, 0.3) is 0 Å². The Labute approximate surface area is 170 Å². The molecule has 3 aromatic rings. The van der Waals surface area contributed by atoms with Crippen LogP contribution < -0.4 is 10.8 Å². The van der Waals surface area contributed by atoms with Crippen molar-refractivity contribution in [3.8, 4) is 0 Å². The van der Waals surface area contributed by atoms with E-state index in [0.29, 0.717) is 16.5 Å². The molecule has 0 aliphatic heterocycles. The first-order valence-electron chi connectivity index (χ1n) is 9.31. The van der Waals surface area contributed by atoms with Crippen molar-refractivity contribution in [3.05, 3.63) is 83.3 Å². The topological polar surface area (TPSA) is 55.1 Å². The summed E-state index contributed by atoms with van der Waals surface area (Å²) < 4.78 is 2.13. The van der Waals surface area contributed by atoms with Gasteiger partial charge in [0.05, 0.1) is 22.6 Å². The summed E-state index contributed by atoms with van der Waals surface area (Å²) in [5.41, 5.74) is 4.05. The summed E-state index contributed by atoms with van der Waals surface area (Å²) in [7, 11) is 0. The molecule has 0 bridgehead atoms. The lowest BCUT2D eigenvalue weighted by Gasteiger charge is -2.10. The Balaban J connectivity index is 1.82. The fourth-order valence-electron chi connectivity index (χ4n) is 2.66. The Hall–Kier alpha value is -2.92. The van der Waals surface area contributed by atoms with Crippen LogP contribution in [0.2, 0.25) is 5.02 Å². The summed E-state index contributed by atoms with van der Waals surface area (Å²) in [6.07, 6.45) is 7.74. The van der Waals surface area contributed by atoms with Crippen molar-refractivity contribution >= 4 is 28.8 Å². The van der Waals surface area contributed by atoms with Crippen LogP contribution in [0.25, 0.3) is 5.70 Å². The molecule has 0 fully saturated rings. The third-order valence-electron chi connectivity index (χ3n) is 4.27. The van der Waals surface area contributed by atoms with E-state index in [0.717, 1.165) is 41.8 Å². The van der Waals surface area contributed by atoms with E-state index < -0.39 is 0 Å². The van der Waals surface area contributed by atoms with Crippen molar-refractivity contribution in [2.24, 2.45) is 4.99 Å². The van der Waals surface area contributed by atoms with E-state index in [1.807, 2.05) is 49.5 Å². The molecule has 0 unspecified atom stereocenters. The predicted molar refractivity (Wildman–Crippen MR) is 115 cm³/mol. The van der Waals surface area contributed by atoms with Gasteiger partial charge in [-0.25, -0.2) is 9.98 Å². The van der Waals surface area contributed by atoms with Gasteiger partial charge in [-0.2, -0.15) is 0 Å². The number of nitrogens with zero attached hydrogens (tertiary/aromatic N) is 4. The highest BCUT2D eigenvalue weighted by atomic mass is 35.5. The number of hydrogen-bond acceptors (Lipinski definition) is 4. The van der Waals surface area contributed by atoms with Crippen LogP contribution >= 0.6 is 11.6 Å². The van der Waals surface area contributed by atoms with Gasteiger partial charge in [0.1, 0.15) is 11.3 Å². The molecule has 0 aliphatic carbocycles. The second kappa shape index (κ2) is 9.33. The largest absolute Gasteiger partial charge is 0.338 e. The van der Waals surface area contributed by atoms with E-state index in [1.54, 1.807) is 12.4 Å². The van der Waals surface area contributed by atoms with Gasteiger partial charge >= 0.3 is 0 Å². The Kier molecular flexibility index (Phi) is 6.61. The van der Waals surface area contributed by atoms with Crippen LogP contribution in [0.15, 0.2) is 66.6 Å². The third-order valence-corrected chi connectivity index (χ3v) is 4.56. The maximum Gasteiger partial charge on any atom is 0.149 e. The molecule has 1 N–H and O–H groups in total. The summed E-state index contributed by atoms with van der Waals surface area (Å²) in [5.74, 6) is 0.571. The van der Waals surface area contributed by atoms with Gasteiger partial charge in [0, 0.05) is 30.2 Å². The number of rotatable bonds is 7. The molecule has 144 valence electrons. The zero-order valence-corrected chi connectivity index (χ0v) is 16.9. The van der Waals surface area contributed by atoms with Crippen molar-refractivity contribution in [3.63, 3.8) is 0 Å². The Morgan fingerprint density at radius 3 is 2.79 bits per heavy atom. The molecule has 28 heavy (non-hydrogen) atoms. The van der Waals surface area contributed by atoms with E-state index >= 15 is 0 Å². The van der Waals surface area contributed by atoms with Crippen LogP contribution in [0, 0.1) is 6.92 Å². The number of nitrogens with one attached hydrogen (secondary N) is 1. The molecular weight excluding hydrogens is 370 g/mol. The van der Waals surface area contributed by atoms with Gasteiger partial charge in [-0.15, -0.1) is 0 Å². The molecule has 3 aromatic heterocycles. The quantitative estimate of drug-likeness (QED) is 0.588. The maximum atomic E-state index is 6.42. The van der Waals surface area contributed by atoms with Gasteiger partial charge in [-0.05, 0) is 43.7 Å². The monoisotopic (exact) mass is 393 g/mol. The van der Waals surface area contributed by atoms with Crippen LogP contribution in [-0.4, -0.2) is 14.5 Å². The summed E-state index contributed by atoms with van der Waals surface area (Å²) in [4.78, 5) is 13.4. The number of hydrogen-bond donors (Lipinski definition) is 1. The number of aryl methyl sites for hydroxylation is 2. The minimum Gasteiger partial charge on any atom is -0.338 e. The standard InChI is InChI=1S/C22H24ClN5/c1-4-5-11-28-12-7-6-8-21(28)26-17(3)18-13-20(23)22(25-14-18)27-19-10-9-16(2)24-15-19/h6-10,12-15H,3-5,11H2,1-2H3,(H,25,27)/b26-21-. The first-order chi connectivity index (χ1) is 13.6. The lowest BCUT2D eigenvalue weighted by atomic mass is 10.2. The molecule has 0 saturated carbocycles. The van der Waals surface area contributed by atoms with Crippen molar-refractivity contribution in [2.75, 3.05) is 5.32 Å². The first-order valence-corrected chi connectivity index (χ1v) is 9.69.